The van der Waals surface area contributed by atoms with Crippen molar-refractivity contribution >= 4 is 17.8 Å². The number of hydrogen-bond donors (Lipinski definition) is 1. The van der Waals surface area contributed by atoms with E-state index >= 15 is 0 Å². The highest BCUT2D eigenvalue weighted by molar-refractivity contribution is 5.91. The number of amides is 1. The number of piperidine rings is 1. The third-order valence-electron chi connectivity index (χ3n) is 4.47. The van der Waals surface area contributed by atoms with Crippen LogP contribution in [0.1, 0.15) is 39.0 Å². The molecule has 0 aromatic rings. The van der Waals surface area contributed by atoms with Crippen LogP contribution in [0.5, 0.6) is 0 Å². The SMILES string of the molecule is C#CCN1C(=O)[C@@H](CC(=O)O)C[C@@]2(C(=O)OCC)CCCC=C12. The fourth-order valence-electron chi connectivity index (χ4n) is 3.57. The summed E-state index contributed by atoms with van der Waals surface area (Å²) in [4.78, 5) is 37.7. The first-order valence-electron chi connectivity index (χ1n) is 7.80. The zero-order chi connectivity index (χ0) is 17.0. The van der Waals surface area contributed by atoms with Gasteiger partial charge in [0.1, 0.15) is 5.41 Å². The summed E-state index contributed by atoms with van der Waals surface area (Å²) in [5, 5.41) is 9.08. The van der Waals surface area contributed by atoms with Gasteiger partial charge >= 0.3 is 11.9 Å². The first kappa shape index (κ1) is 17.1. The lowest BCUT2D eigenvalue weighted by Gasteiger charge is -2.47. The lowest BCUT2D eigenvalue weighted by molar-refractivity contribution is -0.163. The Morgan fingerprint density at radius 1 is 1.57 bits per heavy atom. The third-order valence-corrected chi connectivity index (χ3v) is 4.47. The summed E-state index contributed by atoms with van der Waals surface area (Å²) in [6, 6.07) is 0. The summed E-state index contributed by atoms with van der Waals surface area (Å²) in [5.41, 5.74) is -0.370. The molecule has 0 spiro atoms. The number of carbonyl (C=O) groups is 3. The number of fused-ring (bicyclic) bond motifs is 1. The van der Waals surface area contributed by atoms with Crippen molar-refractivity contribution < 1.29 is 24.2 Å². The predicted octanol–water partition coefficient (Wildman–Crippen LogP) is 1.56. The van der Waals surface area contributed by atoms with E-state index in [1.807, 2.05) is 6.08 Å². The second kappa shape index (κ2) is 6.86. The number of likely N-dealkylation sites (tertiary alicyclic amines) is 1. The van der Waals surface area contributed by atoms with Gasteiger partial charge in [0.15, 0.2) is 0 Å². The van der Waals surface area contributed by atoms with Crippen LogP contribution in [-0.4, -0.2) is 41.0 Å². The van der Waals surface area contributed by atoms with Crippen LogP contribution in [0.4, 0.5) is 0 Å². The quantitative estimate of drug-likeness (QED) is 0.614. The molecule has 6 heteroatoms. The van der Waals surface area contributed by atoms with Crippen LogP contribution >= 0.6 is 0 Å². The summed E-state index contributed by atoms with van der Waals surface area (Å²) in [5.74, 6) is -0.113. The van der Waals surface area contributed by atoms with Crippen LogP contribution in [0.3, 0.4) is 0 Å². The van der Waals surface area contributed by atoms with E-state index in [9.17, 15) is 14.4 Å². The molecule has 1 N–H and O–H groups in total. The largest absolute Gasteiger partial charge is 0.481 e. The van der Waals surface area contributed by atoms with E-state index in [0.717, 1.165) is 12.8 Å². The summed E-state index contributed by atoms with van der Waals surface area (Å²) in [7, 11) is 0. The predicted molar refractivity (Wildman–Crippen MR) is 81.9 cm³/mol. The first-order valence-corrected chi connectivity index (χ1v) is 7.80. The molecule has 0 aromatic carbocycles. The smallest absolute Gasteiger partial charge is 0.318 e. The average molecular weight is 319 g/mol. The number of carboxylic acids is 1. The van der Waals surface area contributed by atoms with Gasteiger partial charge < -0.3 is 14.7 Å². The minimum Gasteiger partial charge on any atom is -0.481 e. The van der Waals surface area contributed by atoms with E-state index in [1.54, 1.807) is 6.92 Å². The fraction of sp³-hybridized carbons (Fsp3) is 0.588. The summed E-state index contributed by atoms with van der Waals surface area (Å²) < 4.78 is 5.24. The van der Waals surface area contributed by atoms with Crippen LogP contribution in [-0.2, 0) is 19.1 Å². The number of esters is 1. The Morgan fingerprint density at radius 3 is 2.91 bits per heavy atom. The maximum Gasteiger partial charge on any atom is 0.318 e. The first-order chi connectivity index (χ1) is 11.0. The number of carboxylic acid groups (broad SMARTS) is 1. The molecule has 0 saturated carbocycles. The van der Waals surface area contributed by atoms with Crippen LogP contribution in [0.15, 0.2) is 11.8 Å². The van der Waals surface area contributed by atoms with Crippen LogP contribution in [0.2, 0.25) is 0 Å². The van der Waals surface area contributed by atoms with Crippen molar-refractivity contribution in [2.75, 3.05) is 13.2 Å². The number of allylic oxidation sites excluding steroid dienone is 1. The van der Waals surface area contributed by atoms with Crippen molar-refractivity contribution in [2.24, 2.45) is 11.3 Å². The molecular weight excluding hydrogens is 298 g/mol. The molecule has 1 saturated heterocycles. The molecule has 1 fully saturated rings. The molecule has 1 aliphatic carbocycles. The van der Waals surface area contributed by atoms with Gasteiger partial charge in [-0.15, -0.1) is 6.42 Å². The molecule has 1 heterocycles. The molecule has 1 aliphatic heterocycles. The Morgan fingerprint density at radius 2 is 2.30 bits per heavy atom. The molecule has 6 nitrogen and oxygen atoms in total. The van der Waals surface area contributed by atoms with E-state index in [-0.39, 0.29) is 31.9 Å². The van der Waals surface area contributed by atoms with Crippen LogP contribution in [0, 0.1) is 23.7 Å². The lowest BCUT2D eigenvalue weighted by atomic mass is 9.66. The fourth-order valence-corrected chi connectivity index (χ4v) is 3.57. The van der Waals surface area contributed by atoms with Gasteiger partial charge in [0, 0.05) is 5.70 Å². The van der Waals surface area contributed by atoms with Crippen LogP contribution in [0.25, 0.3) is 0 Å². The minimum absolute atomic E-state index is 0.0297. The number of hydrogen-bond acceptors (Lipinski definition) is 4. The summed E-state index contributed by atoms with van der Waals surface area (Å²) in [6.45, 7) is 1.99. The highest BCUT2D eigenvalue weighted by atomic mass is 16.5. The van der Waals surface area contributed by atoms with E-state index < -0.39 is 23.3 Å². The maximum absolute atomic E-state index is 12.6. The molecule has 0 unspecified atom stereocenters. The van der Waals surface area contributed by atoms with E-state index in [1.165, 1.54) is 4.90 Å². The number of nitrogens with zero attached hydrogens (tertiary/aromatic N) is 1. The zero-order valence-electron chi connectivity index (χ0n) is 13.2. The zero-order valence-corrected chi connectivity index (χ0v) is 13.2. The van der Waals surface area contributed by atoms with Crippen molar-refractivity contribution in [3.05, 3.63) is 11.8 Å². The summed E-state index contributed by atoms with van der Waals surface area (Å²) >= 11 is 0. The average Bonchev–Trinajstić information content (AvgIpc) is 2.51. The van der Waals surface area contributed by atoms with Crippen molar-refractivity contribution in [1.29, 1.82) is 0 Å². The topological polar surface area (TPSA) is 83.9 Å². The van der Waals surface area contributed by atoms with Gasteiger partial charge in [-0.05, 0) is 32.6 Å². The molecule has 124 valence electrons. The van der Waals surface area contributed by atoms with Gasteiger partial charge in [-0.1, -0.05) is 12.0 Å². The van der Waals surface area contributed by atoms with Crippen molar-refractivity contribution in [3.63, 3.8) is 0 Å². The molecule has 1 amide bonds. The van der Waals surface area contributed by atoms with E-state index in [2.05, 4.69) is 5.92 Å². The Bertz CT molecular complexity index is 588. The third kappa shape index (κ3) is 3.09. The van der Waals surface area contributed by atoms with Crippen molar-refractivity contribution in [1.82, 2.24) is 4.90 Å². The molecule has 23 heavy (non-hydrogen) atoms. The van der Waals surface area contributed by atoms with Gasteiger partial charge in [0.05, 0.1) is 25.5 Å². The Hall–Kier alpha value is -2.29. The van der Waals surface area contributed by atoms with Crippen molar-refractivity contribution in [2.45, 2.75) is 39.0 Å². The summed E-state index contributed by atoms with van der Waals surface area (Å²) in [6.07, 6.45) is 9.19. The monoisotopic (exact) mass is 319 g/mol. The Labute approximate surface area is 135 Å². The number of ether oxygens (including phenoxy) is 1. The van der Waals surface area contributed by atoms with Gasteiger partial charge in [-0.3, -0.25) is 14.4 Å². The molecule has 0 aromatic heterocycles. The Kier molecular flexibility index (Phi) is 5.09. The number of aliphatic carboxylic acids is 1. The molecule has 2 rings (SSSR count). The number of terminal acetylenes is 1. The normalized spacial score (nSPS) is 26.8. The second-order valence-corrected chi connectivity index (χ2v) is 5.91. The number of rotatable bonds is 5. The molecular formula is C17H21NO5. The van der Waals surface area contributed by atoms with Gasteiger partial charge in [0.2, 0.25) is 5.91 Å². The van der Waals surface area contributed by atoms with Crippen molar-refractivity contribution in [3.8, 4) is 12.3 Å². The lowest BCUT2D eigenvalue weighted by Crippen LogP contribution is -2.54. The minimum atomic E-state index is -1.06. The molecule has 2 aliphatic rings. The number of carbonyl (C=O) groups excluding carboxylic acids is 2. The molecule has 0 radical (unpaired) electrons. The highest BCUT2D eigenvalue weighted by Crippen LogP contribution is 2.49. The van der Waals surface area contributed by atoms with Gasteiger partial charge in [0.25, 0.3) is 0 Å². The standard InChI is InChI=1S/C17H21NO5/c1-3-9-18-13-7-5-6-8-17(13,16(22)23-4-2)11-12(15(18)21)10-14(19)20/h1,7,12H,4-6,8-11H2,2H3,(H,19,20)/t12-,17-/m0/s1. The highest BCUT2D eigenvalue weighted by Gasteiger charge is 2.54. The van der Waals surface area contributed by atoms with Crippen LogP contribution < -0.4 is 0 Å². The van der Waals surface area contributed by atoms with E-state index in [0.29, 0.717) is 12.1 Å². The Balaban J connectivity index is 2.47. The van der Waals surface area contributed by atoms with Gasteiger partial charge in [-0.2, -0.15) is 0 Å². The molecule has 0 bridgehead atoms. The van der Waals surface area contributed by atoms with Gasteiger partial charge in [-0.25, -0.2) is 0 Å². The maximum atomic E-state index is 12.6. The van der Waals surface area contributed by atoms with E-state index in [4.69, 9.17) is 16.3 Å². The second-order valence-electron chi connectivity index (χ2n) is 5.91. The molecule has 2 atom stereocenters.